The summed E-state index contributed by atoms with van der Waals surface area (Å²) in [7, 11) is 0. The lowest BCUT2D eigenvalue weighted by molar-refractivity contribution is 0.0428. The highest BCUT2D eigenvalue weighted by molar-refractivity contribution is 6.30. The molecule has 7 heteroatoms. The topological polar surface area (TPSA) is 82.5 Å². The first-order valence-electron chi connectivity index (χ1n) is 8.02. The molecule has 0 saturated heterocycles. The quantitative estimate of drug-likeness (QED) is 0.485. The fourth-order valence-corrected chi connectivity index (χ4v) is 2.67. The maximum atomic E-state index is 12.2. The van der Waals surface area contributed by atoms with Gasteiger partial charge in [-0.2, -0.15) is 0 Å². The van der Waals surface area contributed by atoms with Crippen LogP contribution in [0.25, 0.3) is 22.3 Å². The molecule has 27 heavy (non-hydrogen) atoms. The van der Waals surface area contributed by atoms with Crippen molar-refractivity contribution in [2.45, 2.75) is 6.61 Å². The minimum absolute atomic E-state index is 0.119. The highest BCUT2D eigenvalue weighted by atomic mass is 35.5. The van der Waals surface area contributed by atoms with Crippen LogP contribution in [0.4, 0.5) is 0 Å². The summed E-state index contributed by atoms with van der Waals surface area (Å²) >= 11 is 5.86. The van der Waals surface area contributed by atoms with Crippen molar-refractivity contribution in [1.82, 2.24) is 5.16 Å². The number of halogens is 1. The lowest BCUT2D eigenvalue weighted by Gasteiger charge is -2.03. The molecule has 0 atom stereocenters. The summed E-state index contributed by atoms with van der Waals surface area (Å²) in [6.07, 6.45) is 0. The molecule has 0 bridgehead atoms. The van der Waals surface area contributed by atoms with Gasteiger partial charge in [-0.1, -0.05) is 28.9 Å². The molecule has 2 heterocycles. The number of ether oxygens (including phenoxy) is 1. The molecule has 134 valence electrons. The van der Waals surface area contributed by atoms with Crippen LogP contribution in [0.15, 0.2) is 74.4 Å². The summed E-state index contributed by atoms with van der Waals surface area (Å²) < 4.78 is 15.9. The monoisotopic (exact) mass is 381 g/mol. The third-order valence-electron chi connectivity index (χ3n) is 3.87. The van der Waals surface area contributed by atoms with Crippen LogP contribution in [0.3, 0.4) is 0 Å². The minimum atomic E-state index is -0.756. The number of esters is 1. The van der Waals surface area contributed by atoms with E-state index in [0.717, 1.165) is 11.6 Å². The van der Waals surface area contributed by atoms with E-state index < -0.39 is 5.97 Å². The summed E-state index contributed by atoms with van der Waals surface area (Å²) in [5.41, 5.74) is 1.24. The van der Waals surface area contributed by atoms with Gasteiger partial charge in [0.25, 0.3) is 0 Å². The second-order valence-corrected chi connectivity index (χ2v) is 6.17. The maximum Gasteiger partial charge on any atom is 0.374 e. The lowest BCUT2D eigenvalue weighted by atomic mass is 10.2. The molecule has 0 fully saturated rings. The molecule has 0 aliphatic carbocycles. The van der Waals surface area contributed by atoms with E-state index in [9.17, 15) is 9.59 Å². The van der Waals surface area contributed by atoms with Crippen molar-refractivity contribution in [3.05, 3.63) is 87.4 Å². The van der Waals surface area contributed by atoms with Crippen LogP contribution in [0.1, 0.15) is 16.2 Å². The Kier molecular flexibility index (Phi) is 4.48. The van der Waals surface area contributed by atoms with Crippen LogP contribution < -0.4 is 5.43 Å². The van der Waals surface area contributed by atoms with E-state index in [4.69, 9.17) is 25.3 Å². The van der Waals surface area contributed by atoms with Crippen molar-refractivity contribution >= 4 is 28.5 Å². The number of rotatable bonds is 4. The number of fused-ring (bicyclic) bond motifs is 1. The van der Waals surface area contributed by atoms with Gasteiger partial charge < -0.3 is 13.7 Å². The number of carbonyl (C=O) groups excluding carboxylic acids is 1. The van der Waals surface area contributed by atoms with Gasteiger partial charge in [0, 0.05) is 22.7 Å². The van der Waals surface area contributed by atoms with Crippen LogP contribution in [0.5, 0.6) is 0 Å². The smallest absolute Gasteiger partial charge is 0.374 e. The number of benzene rings is 2. The normalized spacial score (nSPS) is 10.9. The number of aromatic nitrogens is 1. The lowest BCUT2D eigenvalue weighted by Crippen LogP contribution is -2.10. The van der Waals surface area contributed by atoms with Gasteiger partial charge in [-0.25, -0.2) is 4.79 Å². The van der Waals surface area contributed by atoms with Crippen LogP contribution >= 0.6 is 11.6 Å². The molecule has 4 rings (SSSR count). The van der Waals surface area contributed by atoms with Crippen LogP contribution in [-0.4, -0.2) is 11.1 Å². The van der Waals surface area contributed by atoms with Gasteiger partial charge in [-0.15, -0.1) is 0 Å². The van der Waals surface area contributed by atoms with Crippen LogP contribution in [0.2, 0.25) is 5.02 Å². The van der Waals surface area contributed by atoms with Gasteiger partial charge in [0.05, 0.1) is 5.39 Å². The third kappa shape index (κ3) is 3.61. The maximum absolute atomic E-state index is 12.2. The van der Waals surface area contributed by atoms with E-state index in [-0.39, 0.29) is 17.8 Å². The highest BCUT2D eigenvalue weighted by Crippen LogP contribution is 2.22. The fourth-order valence-electron chi connectivity index (χ4n) is 2.55. The number of carbonyl (C=O) groups is 1. The number of hydrogen-bond donors (Lipinski definition) is 0. The largest absolute Gasteiger partial charge is 0.453 e. The van der Waals surface area contributed by atoms with Crippen molar-refractivity contribution in [3.8, 4) is 11.3 Å². The first kappa shape index (κ1) is 17.1. The first-order valence-corrected chi connectivity index (χ1v) is 8.39. The molecule has 0 amide bonds. The Hall–Kier alpha value is -3.38. The van der Waals surface area contributed by atoms with Crippen molar-refractivity contribution in [2.75, 3.05) is 0 Å². The van der Waals surface area contributed by atoms with Crippen molar-refractivity contribution in [3.63, 3.8) is 0 Å². The van der Waals surface area contributed by atoms with Crippen molar-refractivity contribution in [1.29, 1.82) is 0 Å². The molecule has 4 aromatic rings. The SMILES string of the molecule is O=C(OCc1cc(-c2ccc(Cl)cc2)on1)c1cc(=O)c2ccccc2o1. The van der Waals surface area contributed by atoms with Crippen molar-refractivity contribution in [2.24, 2.45) is 0 Å². The second-order valence-electron chi connectivity index (χ2n) is 5.74. The third-order valence-corrected chi connectivity index (χ3v) is 4.13. The Morgan fingerprint density at radius 1 is 1.07 bits per heavy atom. The zero-order chi connectivity index (χ0) is 18.8. The summed E-state index contributed by atoms with van der Waals surface area (Å²) in [4.78, 5) is 24.3. The van der Waals surface area contributed by atoms with E-state index in [2.05, 4.69) is 5.16 Å². The molecule has 0 aliphatic rings. The van der Waals surface area contributed by atoms with E-state index >= 15 is 0 Å². The molecule has 2 aromatic heterocycles. The molecular formula is C20H12ClNO5. The van der Waals surface area contributed by atoms with E-state index in [0.29, 0.717) is 27.4 Å². The number of para-hydroxylation sites is 1. The predicted octanol–water partition coefficient (Wildman–Crippen LogP) is 4.46. The highest BCUT2D eigenvalue weighted by Gasteiger charge is 2.15. The molecule has 0 aliphatic heterocycles. The molecule has 0 radical (unpaired) electrons. The number of hydrogen-bond acceptors (Lipinski definition) is 6. The summed E-state index contributed by atoms with van der Waals surface area (Å²) in [6.45, 7) is -0.119. The zero-order valence-electron chi connectivity index (χ0n) is 13.8. The average molecular weight is 382 g/mol. The van der Waals surface area contributed by atoms with Gasteiger partial charge in [-0.3, -0.25) is 4.79 Å². The zero-order valence-corrected chi connectivity index (χ0v) is 14.6. The fraction of sp³-hybridized carbons (Fsp3) is 0.0500. The summed E-state index contributed by atoms with van der Waals surface area (Å²) in [6, 6.07) is 16.5. The average Bonchev–Trinajstić information content (AvgIpc) is 3.15. The molecule has 6 nitrogen and oxygen atoms in total. The molecule has 0 saturated carbocycles. The van der Waals surface area contributed by atoms with E-state index in [1.165, 1.54) is 0 Å². The van der Waals surface area contributed by atoms with E-state index in [1.807, 2.05) is 0 Å². The van der Waals surface area contributed by atoms with Gasteiger partial charge in [0.1, 0.15) is 17.9 Å². The number of nitrogens with zero attached hydrogens (tertiary/aromatic N) is 1. The van der Waals surface area contributed by atoms with Gasteiger partial charge in [0.15, 0.2) is 11.2 Å². The molecule has 0 spiro atoms. The molecule has 2 aromatic carbocycles. The Morgan fingerprint density at radius 2 is 1.85 bits per heavy atom. The predicted molar refractivity (Wildman–Crippen MR) is 98.6 cm³/mol. The Bertz CT molecular complexity index is 1180. The Balaban J connectivity index is 1.48. The Labute approximate surface area is 157 Å². The minimum Gasteiger partial charge on any atom is -0.453 e. The summed E-state index contributed by atoms with van der Waals surface area (Å²) in [5, 5.41) is 4.89. The first-order chi connectivity index (χ1) is 13.1. The standard InChI is InChI=1S/C20H12ClNO5/c21-13-7-5-12(6-8-13)18-9-14(22-27-18)11-25-20(24)19-10-16(23)15-3-1-2-4-17(15)26-19/h1-10H,11H2. The van der Waals surface area contributed by atoms with Gasteiger partial charge >= 0.3 is 5.97 Å². The van der Waals surface area contributed by atoms with Crippen LogP contribution in [0, 0.1) is 0 Å². The van der Waals surface area contributed by atoms with Gasteiger partial charge in [0.2, 0.25) is 5.76 Å². The summed E-state index contributed by atoms with van der Waals surface area (Å²) in [5.74, 6) is -0.399. The van der Waals surface area contributed by atoms with Gasteiger partial charge in [-0.05, 0) is 36.4 Å². The Morgan fingerprint density at radius 3 is 2.67 bits per heavy atom. The van der Waals surface area contributed by atoms with Crippen LogP contribution in [-0.2, 0) is 11.3 Å². The van der Waals surface area contributed by atoms with Crippen molar-refractivity contribution < 1.29 is 18.5 Å². The molecule has 0 N–H and O–H groups in total. The molecule has 0 unspecified atom stereocenters. The molecular weight excluding hydrogens is 370 g/mol. The van der Waals surface area contributed by atoms with E-state index in [1.54, 1.807) is 54.6 Å². The second kappa shape index (κ2) is 7.09.